The molecule has 1 amide bonds. The lowest BCUT2D eigenvalue weighted by molar-refractivity contribution is -0.120. The molecule has 2 heteroatoms. The fraction of sp³-hybridized carbons (Fsp3) is 0.917. The summed E-state index contributed by atoms with van der Waals surface area (Å²) in [5.74, 6) is 0.261. The average molecular weight is 195 g/mol. The fourth-order valence-electron chi connectivity index (χ4n) is 3.26. The van der Waals surface area contributed by atoms with Crippen LogP contribution < -0.4 is 5.32 Å². The number of rotatable bonds is 0. The van der Waals surface area contributed by atoms with Gasteiger partial charge in [-0.25, -0.2) is 0 Å². The van der Waals surface area contributed by atoms with Crippen molar-refractivity contribution in [1.29, 1.82) is 0 Å². The molecule has 0 atom stereocenters. The van der Waals surface area contributed by atoms with Gasteiger partial charge in [0.2, 0.25) is 5.91 Å². The lowest BCUT2D eigenvalue weighted by atomic mass is 9.67. The van der Waals surface area contributed by atoms with Crippen LogP contribution in [0.3, 0.4) is 0 Å². The van der Waals surface area contributed by atoms with Crippen molar-refractivity contribution < 1.29 is 4.79 Å². The zero-order valence-electron chi connectivity index (χ0n) is 9.36. The second-order valence-corrected chi connectivity index (χ2v) is 5.54. The molecule has 1 spiro atoms. The molecule has 1 N–H and O–H groups in total. The van der Waals surface area contributed by atoms with Crippen LogP contribution >= 0.6 is 0 Å². The van der Waals surface area contributed by atoms with Crippen LogP contribution in [0.15, 0.2) is 0 Å². The van der Waals surface area contributed by atoms with Crippen LogP contribution in [0.2, 0.25) is 0 Å². The van der Waals surface area contributed by atoms with Gasteiger partial charge in [-0.2, -0.15) is 0 Å². The predicted molar refractivity (Wildman–Crippen MR) is 57.0 cm³/mol. The van der Waals surface area contributed by atoms with Gasteiger partial charge in [0.1, 0.15) is 0 Å². The predicted octanol–water partition coefficient (Wildman–Crippen LogP) is 2.63. The van der Waals surface area contributed by atoms with Crippen molar-refractivity contribution in [2.75, 3.05) is 0 Å². The van der Waals surface area contributed by atoms with E-state index < -0.39 is 0 Å². The Morgan fingerprint density at radius 1 is 1.07 bits per heavy atom. The summed E-state index contributed by atoms with van der Waals surface area (Å²) in [6, 6.07) is 0. The highest BCUT2D eigenvalue weighted by Crippen LogP contribution is 2.49. The van der Waals surface area contributed by atoms with Crippen molar-refractivity contribution >= 4 is 5.91 Å². The summed E-state index contributed by atoms with van der Waals surface area (Å²) in [6.45, 7) is 4.40. The Labute approximate surface area is 86.5 Å². The summed E-state index contributed by atoms with van der Waals surface area (Å²) < 4.78 is 0. The van der Waals surface area contributed by atoms with Crippen LogP contribution in [0.1, 0.15) is 58.8 Å². The van der Waals surface area contributed by atoms with Gasteiger partial charge in [-0.15, -0.1) is 0 Å². The molecule has 0 radical (unpaired) electrons. The van der Waals surface area contributed by atoms with Crippen LogP contribution in [-0.4, -0.2) is 11.4 Å². The minimum absolute atomic E-state index is 0.0222. The highest BCUT2D eigenvalue weighted by molar-refractivity contribution is 5.80. The van der Waals surface area contributed by atoms with Crippen molar-refractivity contribution in [2.24, 2.45) is 5.41 Å². The van der Waals surface area contributed by atoms with Crippen molar-refractivity contribution in [3.05, 3.63) is 0 Å². The molecule has 14 heavy (non-hydrogen) atoms. The van der Waals surface area contributed by atoms with Gasteiger partial charge in [-0.05, 0) is 26.7 Å². The van der Waals surface area contributed by atoms with Crippen LogP contribution in [0.25, 0.3) is 0 Å². The van der Waals surface area contributed by atoms with Gasteiger partial charge < -0.3 is 5.32 Å². The second kappa shape index (κ2) is 3.25. The molecule has 2 nitrogen and oxygen atoms in total. The van der Waals surface area contributed by atoms with Gasteiger partial charge in [0.25, 0.3) is 0 Å². The smallest absolute Gasteiger partial charge is 0.221 e. The first-order chi connectivity index (χ1) is 6.56. The van der Waals surface area contributed by atoms with Gasteiger partial charge in [-0.3, -0.25) is 4.79 Å². The maximum absolute atomic E-state index is 11.5. The average Bonchev–Trinajstić information content (AvgIpc) is 2.25. The Hall–Kier alpha value is -0.530. The quantitative estimate of drug-likeness (QED) is 0.632. The van der Waals surface area contributed by atoms with Crippen molar-refractivity contribution in [2.45, 2.75) is 64.3 Å². The van der Waals surface area contributed by atoms with E-state index in [0.29, 0.717) is 0 Å². The van der Waals surface area contributed by atoms with Gasteiger partial charge in [-0.1, -0.05) is 25.7 Å². The van der Waals surface area contributed by atoms with Crippen molar-refractivity contribution in [3.8, 4) is 0 Å². The Bertz CT molecular complexity index is 237. The van der Waals surface area contributed by atoms with E-state index in [1.165, 1.54) is 38.5 Å². The monoisotopic (exact) mass is 195 g/mol. The first-order valence-electron chi connectivity index (χ1n) is 5.87. The number of hydrogen-bond acceptors (Lipinski definition) is 1. The summed E-state index contributed by atoms with van der Waals surface area (Å²) >= 11 is 0. The largest absolute Gasteiger partial charge is 0.351 e. The molecule has 0 aromatic heterocycles. The first-order valence-corrected chi connectivity index (χ1v) is 5.87. The SMILES string of the molecule is CC1(C)NC(=O)CC12CCCCCC2. The molecule has 0 bridgehead atoms. The lowest BCUT2D eigenvalue weighted by Crippen LogP contribution is -2.46. The third kappa shape index (κ3) is 1.45. The summed E-state index contributed by atoms with van der Waals surface area (Å²) in [5.41, 5.74) is 0.287. The van der Waals surface area contributed by atoms with Gasteiger partial charge in [0.15, 0.2) is 0 Å². The van der Waals surface area contributed by atoms with E-state index >= 15 is 0 Å². The zero-order valence-corrected chi connectivity index (χ0v) is 9.36. The molecule has 2 fully saturated rings. The minimum atomic E-state index is 0.0222. The van der Waals surface area contributed by atoms with Crippen LogP contribution in [0.5, 0.6) is 0 Å². The van der Waals surface area contributed by atoms with E-state index in [1.54, 1.807) is 0 Å². The molecule has 1 heterocycles. The summed E-state index contributed by atoms with van der Waals surface area (Å²) in [4.78, 5) is 11.5. The van der Waals surface area contributed by atoms with E-state index in [9.17, 15) is 4.79 Å². The second-order valence-electron chi connectivity index (χ2n) is 5.54. The summed E-state index contributed by atoms with van der Waals surface area (Å²) in [7, 11) is 0. The van der Waals surface area contributed by atoms with E-state index in [-0.39, 0.29) is 16.9 Å². The molecule has 1 aliphatic carbocycles. The van der Waals surface area contributed by atoms with E-state index in [2.05, 4.69) is 19.2 Å². The lowest BCUT2D eigenvalue weighted by Gasteiger charge is -2.39. The Kier molecular flexibility index (Phi) is 2.32. The Balaban J connectivity index is 2.23. The summed E-state index contributed by atoms with van der Waals surface area (Å²) in [6.07, 6.45) is 8.55. The van der Waals surface area contributed by atoms with Crippen LogP contribution in [-0.2, 0) is 4.79 Å². The molecule has 0 aromatic rings. The van der Waals surface area contributed by atoms with Gasteiger partial charge >= 0.3 is 0 Å². The molecule has 0 unspecified atom stereocenters. The van der Waals surface area contributed by atoms with E-state index in [4.69, 9.17) is 0 Å². The van der Waals surface area contributed by atoms with Gasteiger partial charge in [0, 0.05) is 17.4 Å². The van der Waals surface area contributed by atoms with Gasteiger partial charge in [0.05, 0.1) is 0 Å². The minimum Gasteiger partial charge on any atom is -0.351 e. The summed E-state index contributed by atoms with van der Waals surface area (Å²) in [5, 5.41) is 3.14. The van der Waals surface area contributed by atoms with Crippen LogP contribution in [0, 0.1) is 5.41 Å². The Morgan fingerprint density at radius 3 is 2.07 bits per heavy atom. The third-order valence-electron chi connectivity index (χ3n) is 4.34. The van der Waals surface area contributed by atoms with Crippen LogP contribution in [0.4, 0.5) is 0 Å². The fourth-order valence-corrected chi connectivity index (χ4v) is 3.26. The highest BCUT2D eigenvalue weighted by Gasteiger charge is 2.51. The maximum atomic E-state index is 11.5. The number of carbonyl (C=O) groups is 1. The molecule has 1 saturated heterocycles. The normalized spacial score (nSPS) is 30.0. The Morgan fingerprint density at radius 2 is 1.64 bits per heavy atom. The molecule has 1 saturated carbocycles. The zero-order chi connectivity index (χ0) is 10.2. The number of carbonyl (C=O) groups excluding carboxylic acids is 1. The number of hydrogen-bond donors (Lipinski definition) is 1. The van der Waals surface area contributed by atoms with Crippen molar-refractivity contribution in [3.63, 3.8) is 0 Å². The standard InChI is InChI=1S/C12H21NO/c1-11(2)12(9-10(14)13-11)7-5-3-4-6-8-12/h3-9H2,1-2H3,(H,13,14). The molecule has 0 aromatic carbocycles. The molecule has 80 valence electrons. The van der Waals surface area contributed by atoms with E-state index in [0.717, 1.165) is 6.42 Å². The topological polar surface area (TPSA) is 29.1 Å². The van der Waals surface area contributed by atoms with E-state index in [1.807, 2.05) is 0 Å². The third-order valence-corrected chi connectivity index (χ3v) is 4.34. The molecule has 2 rings (SSSR count). The first kappa shape index (κ1) is 10.0. The van der Waals surface area contributed by atoms with Crippen molar-refractivity contribution in [1.82, 2.24) is 5.32 Å². The number of nitrogens with one attached hydrogen (secondary N) is 1. The molecular weight excluding hydrogens is 174 g/mol. The highest BCUT2D eigenvalue weighted by atomic mass is 16.2. The maximum Gasteiger partial charge on any atom is 0.221 e. The molecular formula is C12H21NO. The number of amides is 1. The molecule has 2 aliphatic rings. The molecule has 1 aliphatic heterocycles.